The van der Waals surface area contributed by atoms with E-state index in [4.69, 9.17) is 0 Å². The molecule has 2 nitrogen and oxygen atoms in total. The van der Waals surface area contributed by atoms with Gasteiger partial charge in [-0.25, -0.2) is 0 Å². The van der Waals surface area contributed by atoms with Crippen molar-refractivity contribution in [3.05, 3.63) is 17.0 Å². The molecule has 0 saturated heterocycles. The second kappa shape index (κ2) is 3.41. The smallest absolute Gasteiger partial charge is 0.0684 e. The van der Waals surface area contributed by atoms with Crippen LogP contribution in [0.2, 0.25) is 0 Å². The topological polar surface area (TPSA) is 17.8 Å². The fourth-order valence-electron chi connectivity index (χ4n) is 2.25. The van der Waals surface area contributed by atoms with Crippen molar-refractivity contribution in [1.29, 1.82) is 0 Å². The number of aryl methyl sites for hydroxylation is 1. The average molecular weight is 192 g/mol. The monoisotopic (exact) mass is 192 g/mol. The Morgan fingerprint density at radius 3 is 2.64 bits per heavy atom. The van der Waals surface area contributed by atoms with Crippen molar-refractivity contribution < 1.29 is 0 Å². The molecule has 0 aliphatic heterocycles. The highest BCUT2D eigenvalue weighted by atomic mass is 15.3. The Morgan fingerprint density at radius 2 is 2.14 bits per heavy atom. The Balaban J connectivity index is 2.38. The number of aromatic nitrogens is 2. The summed E-state index contributed by atoms with van der Waals surface area (Å²) < 4.78 is 2.11. The lowest BCUT2D eigenvalue weighted by Gasteiger charge is -2.05. The molecule has 0 spiro atoms. The van der Waals surface area contributed by atoms with Crippen molar-refractivity contribution >= 4 is 0 Å². The van der Waals surface area contributed by atoms with Crippen molar-refractivity contribution in [3.63, 3.8) is 0 Å². The minimum absolute atomic E-state index is 0.605. The summed E-state index contributed by atoms with van der Waals surface area (Å²) in [5.41, 5.74) is 4.25. The SMILES string of the molecule is CCC(C)c1nn(C)c(C2CC2)c1C. The highest BCUT2D eigenvalue weighted by Crippen LogP contribution is 2.42. The Hall–Kier alpha value is -0.790. The van der Waals surface area contributed by atoms with Crippen LogP contribution in [0.5, 0.6) is 0 Å². The summed E-state index contributed by atoms with van der Waals surface area (Å²) in [4.78, 5) is 0. The molecule has 1 fully saturated rings. The van der Waals surface area contributed by atoms with Crippen LogP contribution < -0.4 is 0 Å². The molecular weight excluding hydrogens is 172 g/mol. The normalized spacial score (nSPS) is 18.6. The third-order valence-electron chi connectivity index (χ3n) is 3.42. The first-order valence-electron chi connectivity index (χ1n) is 5.68. The summed E-state index contributed by atoms with van der Waals surface area (Å²) in [6, 6.07) is 0. The first kappa shape index (κ1) is 9.75. The number of hydrogen-bond acceptors (Lipinski definition) is 1. The minimum atomic E-state index is 0.605. The van der Waals surface area contributed by atoms with Gasteiger partial charge in [0.15, 0.2) is 0 Å². The number of nitrogens with zero attached hydrogens (tertiary/aromatic N) is 2. The van der Waals surface area contributed by atoms with E-state index in [1.54, 1.807) is 0 Å². The fourth-order valence-corrected chi connectivity index (χ4v) is 2.25. The molecule has 2 rings (SSSR count). The zero-order valence-corrected chi connectivity index (χ0v) is 9.67. The zero-order valence-electron chi connectivity index (χ0n) is 9.67. The Labute approximate surface area is 86.3 Å². The quantitative estimate of drug-likeness (QED) is 0.719. The van der Waals surface area contributed by atoms with Gasteiger partial charge in [-0.15, -0.1) is 0 Å². The molecule has 0 radical (unpaired) electrons. The summed E-state index contributed by atoms with van der Waals surface area (Å²) in [7, 11) is 2.09. The molecule has 1 unspecified atom stereocenters. The van der Waals surface area contributed by atoms with Gasteiger partial charge in [0.25, 0.3) is 0 Å². The van der Waals surface area contributed by atoms with E-state index in [2.05, 4.69) is 37.6 Å². The van der Waals surface area contributed by atoms with E-state index in [9.17, 15) is 0 Å². The highest BCUT2D eigenvalue weighted by molar-refractivity contribution is 5.32. The third kappa shape index (κ3) is 1.47. The molecule has 0 aromatic carbocycles. The Morgan fingerprint density at radius 1 is 1.50 bits per heavy atom. The van der Waals surface area contributed by atoms with Gasteiger partial charge in [-0.1, -0.05) is 13.8 Å². The second-order valence-electron chi connectivity index (χ2n) is 4.60. The van der Waals surface area contributed by atoms with Gasteiger partial charge in [0.1, 0.15) is 0 Å². The summed E-state index contributed by atoms with van der Waals surface area (Å²) >= 11 is 0. The summed E-state index contributed by atoms with van der Waals surface area (Å²) in [6.45, 7) is 6.74. The molecule has 0 bridgehead atoms. The van der Waals surface area contributed by atoms with Crippen LogP contribution in [-0.2, 0) is 7.05 Å². The van der Waals surface area contributed by atoms with Crippen molar-refractivity contribution in [3.8, 4) is 0 Å². The van der Waals surface area contributed by atoms with E-state index in [0.29, 0.717) is 5.92 Å². The highest BCUT2D eigenvalue weighted by Gasteiger charge is 2.30. The van der Waals surface area contributed by atoms with Crippen LogP contribution in [0.4, 0.5) is 0 Å². The molecule has 0 N–H and O–H groups in total. The van der Waals surface area contributed by atoms with Gasteiger partial charge >= 0.3 is 0 Å². The lowest BCUT2D eigenvalue weighted by atomic mass is 10.00. The molecule has 1 aliphatic rings. The lowest BCUT2D eigenvalue weighted by molar-refractivity contribution is 0.652. The molecular formula is C12H20N2. The third-order valence-corrected chi connectivity index (χ3v) is 3.42. The maximum absolute atomic E-state index is 4.66. The van der Waals surface area contributed by atoms with E-state index < -0.39 is 0 Å². The molecule has 14 heavy (non-hydrogen) atoms. The Bertz CT molecular complexity index is 334. The van der Waals surface area contributed by atoms with Crippen LogP contribution >= 0.6 is 0 Å². The van der Waals surface area contributed by atoms with Crippen molar-refractivity contribution in [2.75, 3.05) is 0 Å². The predicted molar refractivity (Wildman–Crippen MR) is 58.6 cm³/mol. The molecule has 1 aliphatic carbocycles. The summed E-state index contributed by atoms with van der Waals surface area (Å²) in [6.07, 6.45) is 3.91. The van der Waals surface area contributed by atoms with E-state index >= 15 is 0 Å². The van der Waals surface area contributed by atoms with Crippen LogP contribution in [0.3, 0.4) is 0 Å². The van der Waals surface area contributed by atoms with Gasteiger partial charge in [0.2, 0.25) is 0 Å². The lowest BCUT2D eigenvalue weighted by Crippen LogP contribution is -1.97. The molecule has 0 amide bonds. The van der Waals surface area contributed by atoms with Gasteiger partial charge in [-0.2, -0.15) is 5.10 Å². The van der Waals surface area contributed by atoms with Crippen LogP contribution in [-0.4, -0.2) is 9.78 Å². The Kier molecular flexibility index (Phi) is 2.38. The van der Waals surface area contributed by atoms with Crippen LogP contribution in [0.25, 0.3) is 0 Å². The largest absolute Gasteiger partial charge is 0.272 e. The first-order chi connectivity index (χ1) is 6.65. The van der Waals surface area contributed by atoms with Crippen molar-refractivity contribution in [1.82, 2.24) is 9.78 Å². The van der Waals surface area contributed by atoms with E-state index in [1.165, 1.54) is 36.2 Å². The maximum atomic E-state index is 4.66. The molecule has 1 saturated carbocycles. The maximum Gasteiger partial charge on any atom is 0.0684 e. The van der Waals surface area contributed by atoms with Gasteiger partial charge in [-0.3, -0.25) is 4.68 Å². The van der Waals surface area contributed by atoms with E-state index in [-0.39, 0.29) is 0 Å². The average Bonchev–Trinajstić information content (AvgIpc) is 2.93. The number of hydrogen-bond donors (Lipinski definition) is 0. The first-order valence-corrected chi connectivity index (χ1v) is 5.68. The van der Waals surface area contributed by atoms with Gasteiger partial charge in [0, 0.05) is 24.6 Å². The molecule has 2 heteroatoms. The zero-order chi connectivity index (χ0) is 10.3. The number of rotatable bonds is 3. The van der Waals surface area contributed by atoms with Gasteiger partial charge in [0.05, 0.1) is 5.69 Å². The van der Waals surface area contributed by atoms with Crippen LogP contribution in [0.1, 0.15) is 61.9 Å². The van der Waals surface area contributed by atoms with E-state index in [1.807, 2.05) is 0 Å². The molecule has 1 aromatic rings. The van der Waals surface area contributed by atoms with E-state index in [0.717, 1.165) is 5.92 Å². The molecule has 1 heterocycles. The van der Waals surface area contributed by atoms with Gasteiger partial charge < -0.3 is 0 Å². The second-order valence-corrected chi connectivity index (χ2v) is 4.60. The standard InChI is InChI=1S/C12H20N2/c1-5-8(2)11-9(3)12(10-6-7-10)14(4)13-11/h8,10H,5-7H2,1-4H3. The predicted octanol–water partition coefficient (Wildman–Crippen LogP) is 3.12. The molecule has 1 atom stereocenters. The van der Waals surface area contributed by atoms with Crippen LogP contribution in [0.15, 0.2) is 0 Å². The molecule has 78 valence electrons. The van der Waals surface area contributed by atoms with Crippen LogP contribution in [0, 0.1) is 6.92 Å². The summed E-state index contributed by atoms with van der Waals surface area (Å²) in [5, 5.41) is 4.66. The summed E-state index contributed by atoms with van der Waals surface area (Å²) in [5.74, 6) is 1.42. The van der Waals surface area contributed by atoms with Crippen molar-refractivity contribution in [2.45, 2.75) is 51.9 Å². The minimum Gasteiger partial charge on any atom is -0.272 e. The van der Waals surface area contributed by atoms with Gasteiger partial charge in [-0.05, 0) is 31.7 Å². The molecule has 1 aromatic heterocycles. The van der Waals surface area contributed by atoms with Crippen molar-refractivity contribution in [2.24, 2.45) is 7.05 Å². The fraction of sp³-hybridized carbons (Fsp3) is 0.750.